The summed E-state index contributed by atoms with van der Waals surface area (Å²) in [5.41, 5.74) is 7.24. The number of ether oxygens (including phenoxy) is 2. The van der Waals surface area contributed by atoms with Crippen LogP contribution in [-0.4, -0.2) is 33.7 Å². The predicted molar refractivity (Wildman–Crippen MR) is 118 cm³/mol. The Bertz CT molecular complexity index is 1060. The van der Waals surface area contributed by atoms with Gasteiger partial charge in [0.15, 0.2) is 0 Å². The molecule has 3 rings (SSSR count). The first-order valence-corrected chi connectivity index (χ1v) is 10.1. The van der Waals surface area contributed by atoms with Gasteiger partial charge in [0.1, 0.15) is 23.8 Å². The lowest BCUT2D eigenvalue weighted by atomic mass is 10.1. The quantitative estimate of drug-likeness (QED) is 0.614. The minimum atomic E-state index is -2.57. The van der Waals surface area contributed by atoms with E-state index in [9.17, 15) is 8.42 Å². The van der Waals surface area contributed by atoms with Gasteiger partial charge in [0.05, 0.1) is 7.11 Å². The minimum Gasteiger partial charge on any atom is -0.497 e. The van der Waals surface area contributed by atoms with Gasteiger partial charge in [-0.3, -0.25) is 4.98 Å². The Morgan fingerprint density at radius 1 is 1.00 bits per heavy atom. The third-order valence-electron chi connectivity index (χ3n) is 3.71. The summed E-state index contributed by atoms with van der Waals surface area (Å²) in [5, 5.41) is 0. The molecule has 0 amide bonds. The third kappa shape index (κ3) is 7.86. The summed E-state index contributed by atoms with van der Waals surface area (Å²) >= 11 is 0. The lowest BCUT2D eigenvalue weighted by molar-refractivity contribution is 0.329. The first-order chi connectivity index (χ1) is 14.6. The first kappa shape index (κ1) is 22.8. The van der Waals surface area contributed by atoms with E-state index in [1.807, 2.05) is 48.5 Å². The largest absolute Gasteiger partial charge is 0.497 e. The highest BCUT2D eigenvalue weighted by molar-refractivity contribution is 7.61. The smallest absolute Gasteiger partial charge is 0.316 e. The Hall–Kier alpha value is -3.49. The number of hydrogen-bond donors (Lipinski definition) is 1. The second kappa shape index (κ2) is 12.9. The van der Waals surface area contributed by atoms with E-state index in [4.69, 9.17) is 15.2 Å². The Labute approximate surface area is 177 Å². The Balaban J connectivity index is 0.000000335. The Kier molecular flexibility index (Phi) is 9.78. The van der Waals surface area contributed by atoms with Crippen LogP contribution in [0.5, 0.6) is 11.5 Å². The molecule has 0 radical (unpaired) electrons. The molecular formula is C22H23N3O4S. The van der Waals surface area contributed by atoms with Crippen LogP contribution in [0.4, 0.5) is 5.69 Å². The third-order valence-corrected chi connectivity index (χ3v) is 4.04. The van der Waals surface area contributed by atoms with Crippen LogP contribution in [0.1, 0.15) is 11.1 Å². The summed E-state index contributed by atoms with van der Waals surface area (Å²) in [6.45, 7) is 0.614. The molecule has 2 aromatic carbocycles. The van der Waals surface area contributed by atoms with Gasteiger partial charge in [0.2, 0.25) is 0 Å². The van der Waals surface area contributed by atoms with Gasteiger partial charge in [-0.1, -0.05) is 42.5 Å². The molecule has 0 aliphatic rings. The van der Waals surface area contributed by atoms with Crippen LogP contribution >= 0.6 is 0 Å². The van der Waals surface area contributed by atoms with Crippen molar-refractivity contribution in [1.29, 1.82) is 0 Å². The normalized spacial score (nSPS) is 10.1. The van der Waals surface area contributed by atoms with Gasteiger partial charge in [-0.2, -0.15) is 8.42 Å². The van der Waals surface area contributed by atoms with Crippen molar-refractivity contribution in [3.8, 4) is 11.5 Å². The van der Waals surface area contributed by atoms with E-state index < -0.39 is 10.5 Å². The maximum Gasteiger partial charge on any atom is 0.316 e. The standard InChI is InChI=1S/C15H15N3O3S.C7H8O/c16-8-11-21-14-3-1-2-13(15(14)18-22(19)20)5-4-12-6-9-17-10-7-12;1-8-7-5-3-2-4-6-7/h1-7,9-10H,8,11,16H2;2-6H,1H3. The molecule has 0 bridgehead atoms. The van der Waals surface area contributed by atoms with Crippen LogP contribution in [0.3, 0.4) is 0 Å². The fourth-order valence-corrected chi connectivity index (χ4v) is 2.69. The van der Waals surface area contributed by atoms with E-state index in [-0.39, 0.29) is 12.3 Å². The topological polar surface area (TPSA) is 104 Å². The van der Waals surface area contributed by atoms with Crippen LogP contribution in [-0.2, 0) is 10.5 Å². The fraction of sp³-hybridized carbons (Fsp3) is 0.136. The first-order valence-electron chi connectivity index (χ1n) is 9.08. The maximum absolute atomic E-state index is 10.9. The summed E-state index contributed by atoms with van der Waals surface area (Å²) in [7, 11) is -0.909. The highest BCUT2D eigenvalue weighted by atomic mass is 32.2. The molecule has 0 fully saturated rings. The van der Waals surface area contributed by atoms with E-state index in [0.717, 1.165) is 11.3 Å². The van der Waals surface area contributed by atoms with Crippen molar-refractivity contribution < 1.29 is 17.9 Å². The van der Waals surface area contributed by atoms with E-state index in [2.05, 4.69) is 9.35 Å². The van der Waals surface area contributed by atoms with Gasteiger partial charge in [0.25, 0.3) is 0 Å². The van der Waals surface area contributed by atoms with Crippen LogP contribution in [0, 0.1) is 0 Å². The number of nitrogens with zero attached hydrogens (tertiary/aromatic N) is 2. The molecular weight excluding hydrogens is 402 g/mol. The zero-order chi connectivity index (χ0) is 21.6. The van der Waals surface area contributed by atoms with Gasteiger partial charge >= 0.3 is 10.5 Å². The minimum absolute atomic E-state index is 0.259. The number of hydrogen-bond acceptors (Lipinski definition) is 7. The number of benzene rings is 2. The Morgan fingerprint density at radius 2 is 1.73 bits per heavy atom. The van der Waals surface area contributed by atoms with Crippen LogP contribution in [0.2, 0.25) is 0 Å². The highest BCUT2D eigenvalue weighted by Gasteiger charge is 2.07. The molecule has 2 N–H and O–H groups in total. The van der Waals surface area contributed by atoms with Crippen molar-refractivity contribution in [3.63, 3.8) is 0 Å². The second-order valence-electron chi connectivity index (χ2n) is 5.77. The molecule has 8 heteroatoms. The molecule has 30 heavy (non-hydrogen) atoms. The number of methoxy groups -OCH3 is 1. The SMILES string of the molecule is COc1ccccc1.NCCOc1cccc(C=Cc2ccncc2)c1N=S(=O)=O. The zero-order valence-electron chi connectivity index (χ0n) is 16.5. The summed E-state index contributed by atoms with van der Waals surface area (Å²) in [6.07, 6.45) is 6.98. The lowest BCUT2D eigenvalue weighted by Crippen LogP contribution is -2.10. The molecule has 0 spiro atoms. The molecule has 156 valence electrons. The van der Waals surface area contributed by atoms with Crippen molar-refractivity contribution >= 4 is 28.3 Å². The van der Waals surface area contributed by atoms with Crippen LogP contribution in [0.15, 0.2) is 77.4 Å². The second-order valence-corrected chi connectivity index (χ2v) is 6.39. The Morgan fingerprint density at radius 3 is 2.33 bits per heavy atom. The van der Waals surface area contributed by atoms with Crippen molar-refractivity contribution in [1.82, 2.24) is 4.98 Å². The zero-order valence-corrected chi connectivity index (χ0v) is 17.3. The van der Waals surface area contributed by atoms with Gasteiger partial charge in [0, 0.05) is 24.5 Å². The van der Waals surface area contributed by atoms with Gasteiger partial charge in [-0.15, -0.1) is 4.36 Å². The molecule has 0 unspecified atom stereocenters. The molecule has 0 aliphatic carbocycles. The van der Waals surface area contributed by atoms with E-state index >= 15 is 0 Å². The number of para-hydroxylation sites is 1. The molecule has 0 saturated carbocycles. The van der Waals surface area contributed by atoms with E-state index in [0.29, 0.717) is 17.9 Å². The maximum atomic E-state index is 10.9. The van der Waals surface area contributed by atoms with E-state index in [1.165, 1.54) is 0 Å². The molecule has 3 aromatic rings. The molecule has 0 atom stereocenters. The van der Waals surface area contributed by atoms with Gasteiger partial charge < -0.3 is 15.2 Å². The molecule has 1 heterocycles. The predicted octanol–water partition coefficient (Wildman–Crippen LogP) is 3.98. The summed E-state index contributed by atoms with van der Waals surface area (Å²) < 4.78 is 35.9. The molecule has 0 aliphatic heterocycles. The van der Waals surface area contributed by atoms with Crippen molar-refractivity contribution in [2.75, 3.05) is 20.3 Å². The fourth-order valence-electron chi connectivity index (χ4n) is 2.35. The number of aromatic nitrogens is 1. The van der Waals surface area contributed by atoms with Gasteiger partial charge in [-0.05, 0) is 35.9 Å². The lowest BCUT2D eigenvalue weighted by Gasteiger charge is -2.08. The van der Waals surface area contributed by atoms with Crippen molar-refractivity contribution in [2.45, 2.75) is 0 Å². The molecule has 0 saturated heterocycles. The number of pyridine rings is 1. The number of rotatable bonds is 7. The highest BCUT2D eigenvalue weighted by Crippen LogP contribution is 2.32. The van der Waals surface area contributed by atoms with E-state index in [1.54, 1.807) is 43.8 Å². The average Bonchev–Trinajstić information content (AvgIpc) is 2.78. The number of nitrogens with two attached hydrogens (primary N) is 1. The van der Waals surface area contributed by atoms with Crippen LogP contribution in [0.25, 0.3) is 12.2 Å². The summed E-state index contributed by atoms with van der Waals surface area (Å²) in [6, 6.07) is 18.6. The summed E-state index contributed by atoms with van der Waals surface area (Å²) in [4.78, 5) is 3.94. The monoisotopic (exact) mass is 425 g/mol. The van der Waals surface area contributed by atoms with Crippen LogP contribution < -0.4 is 15.2 Å². The van der Waals surface area contributed by atoms with Crippen molar-refractivity contribution in [2.24, 2.45) is 10.1 Å². The average molecular weight is 426 g/mol. The molecule has 1 aromatic heterocycles. The summed E-state index contributed by atoms with van der Waals surface area (Å²) in [5.74, 6) is 1.29. The van der Waals surface area contributed by atoms with Crippen molar-refractivity contribution in [3.05, 3.63) is 84.2 Å². The van der Waals surface area contributed by atoms with Gasteiger partial charge in [-0.25, -0.2) is 0 Å². The molecule has 7 nitrogen and oxygen atoms in total.